The van der Waals surface area contributed by atoms with Gasteiger partial charge in [0.1, 0.15) is 0 Å². The van der Waals surface area contributed by atoms with E-state index in [0.29, 0.717) is 11.6 Å². The van der Waals surface area contributed by atoms with E-state index >= 15 is 0 Å². The van der Waals surface area contributed by atoms with Crippen LogP contribution < -0.4 is 11.1 Å². The predicted octanol–water partition coefficient (Wildman–Crippen LogP) is 5.29. The molecule has 0 fully saturated rings. The van der Waals surface area contributed by atoms with Crippen molar-refractivity contribution in [2.45, 2.75) is 13.0 Å². The van der Waals surface area contributed by atoms with E-state index in [1.54, 1.807) is 0 Å². The largest absolute Gasteiger partial charge is 0.376 e. The summed E-state index contributed by atoms with van der Waals surface area (Å²) in [7, 11) is 0. The van der Waals surface area contributed by atoms with Crippen molar-refractivity contribution in [2.75, 3.05) is 11.9 Å². The molecule has 3 N–H and O–H groups in total. The normalized spacial score (nSPS) is 12.2. The van der Waals surface area contributed by atoms with Gasteiger partial charge in [-0.15, -0.1) is 0 Å². The van der Waals surface area contributed by atoms with Crippen LogP contribution in [0.4, 0.5) is 5.69 Å². The van der Waals surface area contributed by atoms with Gasteiger partial charge in [0, 0.05) is 21.2 Å². The first-order valence-corrected chi connectivity index (χ1v) is 8.15. The Balaban J connectivity index is 2.28. The molecular formula is C15H15Br2ClN2. The second-order valence-electron chi connectivity index (χ2n) is 4.59. The lowest BCUT2D eigenvalue weighted by molar-refractivity contribution is 0.789. The van der Waals surface area contributed by atoms with Gasteiger partial charge in [0.05, 0.1) is 11.1 Å². The third kappa shape index (κ3) is 3.76. The molecule has 20 heavy (non-hydrogen) atoms. The van der Waals surface area contributed by atoms with Crippen LogP contribution in [0.5, 0.6) is 0 Å². The Labute approximate surface area is 141 Å². The van der Waals surface area contributed by atoms with Gasteiger partial charge in [-0.25, -0.2) is 0 Å². The SMILES string of the molecule is Cc1ccc(Br)c(NC(CN)c2ccc(Br)c(Cl)c2)c1. The predicted molar refractivity (Wildman–Crippen MR) is 93.4 cm³/mol. The van der Waals surface area contributed by atoms with Crippen LogP contribution >= 0.6 is 43.5 Å². The van der Waals surface area contributed by atoms with E-state index in [4.69, 9.17) is 17.3 Å². The zero-order valence-corrected chi connectivity index (χ0v) is 14.9. The van der Waals surface area contributed by atoms with E-state index in [1.165, 1.54) is 5.56 Å². The standard InChI is InChI=1S/C15H15Br2ClN2/c1-9-2-4-12(17)14(6-9)20-15(8-19)10-3-5-11(16)13(18)7-10/h2-7,15,20H,8,19H2,1H3. The Morgan fingerprint density at radius 1 is 1.15 bits per heavy atom. The molecule has 0 aromatic heterocycles. The molecule has 0 spiro atoms. The van der Waals surface area contributed by atoms with E-state index in [0.717, 1.165) is 20.2 Å². The van der Waals surface area contributed by atoms with E-state index in [2.05, 4.69) is 56.2 Å². The monoisotopic (exact) mass is 416 g/mol. The van der Waals surface area contributed by atoms with Gasteiger partial charge in [0.15, 0.2) is 0 Å². The number of anilines is 1. The van der Waals surface area contributed by atoms with Gasteiger partial charge in [-0.1, -0.05) is 23.7 Å². The zero-order chi connectivity index (χ0) is 14.7. The summed E-state index contributed by atoms with van der Waals surface area (Å²) in [6.07, 6.45) is 0. The lowest BCUT2D eigenvalue weighted by Crippen LogP contribution is -2.20. The van der Waals surface area contributed by atoms with Crippen molar-refractivity contribution in [1.82, 2.24) is 0 Å². The molecule has 2 nitrogen and oxygen atoms in total. The second kappa shape index (κ2) is 6.94. The number of nitrogens with one attached hydrogen (secondary N) is 1. The Kier molecular flexibility index (Phi) is 5.49. The van der Waals surface area contributed by atoms with Gasteiger partial charge in [-0.05, 0) is 74.2 Å². The van der Waals surface area contributed by atoms with Crippen LogP contribution in [-0.4, -0.2) is 6.54 Å². The fourth-order valence-corrected chi connectivity index (χ4v) is 2.74. The van der Waals surface area contributed by atoms with Crippen LogP contribution in [0.25, 0.3) is 0 Å². The van der Waals surface area contributed by atoms with Gasteiger partial charge < -0.3 is 11.1 Å². The van der Waals surface area contributed by atoms with E-state index in [-0.39, 0.29) is 6.04 Å². The van der Waals surface area contributed by atoms with Crippen molar-refractivity contribution in [3.63, 3.8) is 0 Å². The zero-order valence-electron chi connectivity index (χ0n) is 11.0. The number of halogens is 3. The van der Waals surface area contributed by atoms with Crippen molar-refractivity contribution < 1.29 is 0 Å². The molecule has 1 atom stereocenters. The van der Waals surface area contributed by atoms with Crippen LogP contribution in [-0.2, 0) is 0 Å². The molecular weight excluding hydrogens is 403 g/mol. The molecule has 0 aliphatic carbocycles. The minimum atomic E-state index is 0.0127. The molecule has 0 radical (unpaired) electrons. The van der Waals surface area contributed by atoms with Crippen LogP contribution in [0, 0.1) is 6.92 Å². The van der Waals surface area contributed by atoms with Gasteiger partial charge >= 0.3 is 0 Å². The summed E-state index contributed by atoms with van der Waals surface area (Å²) in [5, 5.41) is 4.14. The third-order valence-corrected chi connectivity index (χ3v) is 4.96. The fourth-order valence-electron chi connectivity index (χ4n) is 1.94. The lowest BCUT2D eigenvalue weighted by atomic mass is 10.1. The first kappa shape index (κ1) is 15.8. The maximum Gasteiger partial charge on any atom is 0.0637 e. The van der Waals surface area contributed by atoms with Crippen LogP contribution in [0.2, 0.25) is 5.02 Å². The summed E-state index contributed by atoms with van der Waals surface area (Å²) >= 11 is 13.1. The molecule has 0 aliphatic heterocycles. The first-order chi connectivity index (χ1) is 9.51. The van der Waals surface area contributed by atoms with Crippen LogP contribution in [0.3, 0.4) is 0 Å². The van der Waals surface area contributed by atoms with E-state index in [1.807, 2.05) is 24.3 Å². The summed E-state index contributed by atoms with van der Waals surface area (Å²) in [4.78, 5) is 0. The minimum absolute atomic E-state index is 0.0127. The van der Waals surface area contributed by atoms with Crippen molar-refractivity contribution in [1.29, 1.82) is 0 Å². The molecule has 2 aromatic carbocycles. The third-order valence-electron chi connectivity index (χ3n) is 3.03. The second-order valence-corrected chi connectivity index (χ2v) is 6.71. The van der Waals surface area contributed by atoms with Crippen LogP contribution in [0.15, 0.2) is 45.3 Å². The van der Waals surface area contributed by atoms with Crippen molar-refractivity contribution in [2.24, 2.45) is 5.73 Å². The molecule has 0 bridgehead atoms. The Morgan fingerprint density at radius 3 is 2.50 bits per heavy atom. The summed E-state index contributed by atoms with van der Waals surface area (Å²) in [6.45, 7) is 2.55. The number of benzene rings is 2. The minimum Gasteiger partial charge on any atom is -0.376 e. The van der Waals surface area contributed by atoms with Gasteiger partial charge in [0.2, 0.25) is 0 Å². The smallest absolute Gasteiger partial charge is 0.0637 e. The van der Waals surface area contributed by atoms with Crippen LogP contribution in [0.1, 0.15) is 17.2 Å². The lowest BCUT2D eigenvalue weighted by Gasteiger charge is -2.20. The molecule has 0 saturated heterocycles. The molecule has 0 heterocycles. The number of aryl methyl sites for hydroxylation is 1. The number of rotatable bonds is 4. The number of hydrogen-bond acceptors (Lipinski definition) is 2. The highest BCUT2D eigenvalue weighted by Gasteiger charge is 2.12. The Morgan fingerprint density at radius 2 is 1.85 bits per heavy atom. The highest BCUT2D eigenvalue weighted by molar-refractivity contribution is 9.11. The maximum absolute atomic E-state index is 6.15. The molecule has 0 saturated carbocycles. The quantitative estimate of drug-likeness (QED) is 0.708. The maximum atomic E-state index is 6.15. The summed E-state index contributed by atoms with van der Waals surface area (Å²) in [5.41, 5.74) is 9.18. The first-order valence-electron chi connectivity index (χ1n) is 6.19. The average molecular weight is 419 g/mol. The molecule has 0 amide bonds. The number of nitrogens with two attached hydrogens (primary N) is 1. The van der Waals surface area contributed by atoms with Crippen molar-refractivity contribution in [3.8, 4) is 0 Å². The highest BCUT2D eigenvalue weighted by atomic mass is 79.9. The fraction of sp³-hybridized carbons (Fsp3) is 0.200. The topological polar surface area (TPSA) is 38.0 Å². The molecule has 5 heteroatoms. The van der Waals surface area contributed by atoms with E-state index in [9.17, 15) is 0 Å². The van der Waals surface area contributed by atoms with E-state index < -0.39 is 0 Å². The molecule has 106 valence electrons. The Hall–Kier alpha value is -0.550. The molecule has 0 aliphatic rings. The Bertz CT molecular complexity index is 617. The van der Waals surface area contributed by atoms with Crippen molar-refractivity contribution in [3.05, 3.63) is 61.5 Å². The average Bonchev–Trinajstić information content (AvgIpc) is 2.43. The number of hydrogen-bond donors (Lipinski definition) is 2. The molecule has 2 aromatic rings. The molecule has 1 unspecified atom stereocenters. The van der Waals surface area contributed by atoms with Gasteiger partial charge in [0.25, 0.3) is 0 Å². The van der Waals surface area contributed by atoms with Gasteiger partial charge in [-0.3, -0.25) is 0 Å². The summed E-state index contributed by atoms with van der Waals surface area (Å²) < 4.78 is 1.90. The van der Waals surface area contributed by atoms with Crippen molar-refractivity contribution >= 4 is 49.1 Å². The highest BCUT2D eigenvalue weighted by Crippen LogP contribution is 2.30. The van der Waals surface area contributed by atoms with Gasteiger partial charge in [-0.2, -0.15) is 0 Å². The summed E-state index contributed by atoms with van der Waals surface area (Å²) in [6, 6.07) is 12.1. The molecule has 2 rings (SSSR count). The summed E-state index contributed by atoms with van der Waals surface area (Å²) in [5.74, 6) is 0.